The zero-order chi connectivity index (χ0) is 27.2. The maximum atomic E-state index is 13.2. The molecule has 0 bridgehead atoms. The Labute approximate surface area is 214 Å². The van der Waals surface area contributed by atoms with Crippen LogP contribution in [-0.2, 0) is 19.6 Å². The van der Waals surface area contributed by atoms with Crippen LogP contribution >= 0.6 is 0 Å². The van der Waals surface area contributed by atoms with E-state index in [1.165, 1.54) is 55.8 Å². The van der Waals surface area contributed by atoms with E-state index < -0.39 is 32.9 Å². The van der Waals surface area contributed by atoms with Gasteiger partial charge in [0, 0.05) is 25.2 Å². The number of ether oxygens (including phenoxy) is 3. The van der Waals surface area contributed by atoms with Crippen molar-refractivity contribution in [3.63, 3.8) is 0 Å². The summed E-state index contributed by atoms with van der Waals surface area (Å²) in [6.45, 7) is 2.10. The number of esters is 1. The number of carbonyl (C=O) groups excluding carboxylic acids is 2. The fourth-order valence-corrected chi connectivity index (χ4v) is 5.40. The van der Waals surface area contributed by atoms with E-state index in [-0.39, 0.29) is 33.3 Å². The molecule has 2 aromatic carbocycles. The summed E-state index contributed by atoms with van der Waals surface area (Å²) in [6.07, 6.45) is 2.08. The van der Waals surface area contributed by atoms with Crippen LogP contribution in [0.5, 0.6) is 11.5 Å². The van der Waals surface area contributed by atoms with E-state index in [0.717, 1.165) is 31.7 Å². The predicted molar refractivity (Wildman–Crippen MR) is 133 cm³/mol. The van der Waals surface area contributed by atoms with Crippen molar-refractivity contribution in [2.24, 2.45) is 0 Å². The van der Waals surface area contributed by atoms with Gasteiger partial charge in [0.1, 0.15) is 17.1 Å². The van der Waals surface area contributed by atoms with Crippen molar-refractivity contribution in [1.29, 1.82) is 0 Å². The lowest BCUT2D eigenvalue weighted by molar-refractivity contribution is -0.384. The molecular formula is C24H29N3O9S. The fourth-order valence-electron chi connectivity index (χ4n) is 3.86. The van der Waals surface area contributed by atoms with Crippen molar-refractivity contribution in [3.8, 4) is 11.5 Å². The summed E-state index contributed by atoms with van der Waals surface area (Å²) < 4.78 is 43.4. The molecule has 2 aromatic rings. The van der Waals surface area contributed by atoms with Crippen molar-refractivity contribution >= 4 is 33.3 Å². The van der Waals surface area contributed by atoms with E-state index in [2.05, 4.69) is 5.32 Å². The third-order valence-electron chi connectivity index (χ3n) is 5.90. The van der Waals surface area contributed by atoms with Crippen LogP contribution in [-0.4, -0.2) is 62.9 Å². The van der Waals surface area contributed by atoms with E-state index in [1.807, 2.05) is 0 Å². The molecule has 1 N–H and O–H groups in total. The van der Waals surface area contributed by atoms with Gasteiger partial charge in [0.15, 0.2) is 6.10 Å². The highest BCUT2D eigenvalue weighted by atomic mass is 32.2. The molecule has 12 nitrogen and oxygen atoms in total. The monoisotopic (exact) mass is 535 g/mol. The molecule has 13 heteroatoms. The summed E-state index contributed by atoms with van der Waals surface area (Å²) in [5.41, 5.74) is -0.411. The Morgan fingerprint density at radius 2 is 1.62 bits per heavy atom. The average Bonchev–Trinajstić information content (AvgIpc) is 3.18. The molecule has 1 heterocycles. The first-order chi connectivity index (χ1) is 17.6. The molecule has 0 unspecified atom stereocenters. The van der Waals surface area contributed by atoms with Crippen molar-refractivity contribution < 1.29 is 37.1 Å². The second-order valence-electron chi connectivity index (χ2n) is 8.36. The average molecular weight is 536 g/mol. The second-order valence-corrected chi connectivity index (χ2v) is 10.3. The number of nitro groups is 1. The van der Waals surface area contributed by atoms with Gasteiger partial charge < -0.3 is 19.5 Å². The topological polar surface area (TPSA) is 154 Å². The Hall–Kier alpha value is -3.71. The Morgan fingerprint density at radius 1 is 1.00 bits per heavy atom. The molecule has 0 spiro atoms. The molecule has 0 aliphatic carbocycles. The number of non-ortho nitro benzene ring substituents is 1. The first kappa shape index (κ1) is 27.9. The number of amides is 1. The van der Waals surface area contributed by atoms with Gasteiger partial charge in [-0.15, -0.1) is 0 Å². The molecule has 200 valence electrons. The lowest BCUT2D eigenvalue weighted by Crippen LogP contribution is -2.32. The summed E-state index contributed by atoms with van der Waals surface area (Å²) >= 11 is 0. The number of rotatable bonds is 9. The smallest absolute Gasteiger partial charge is 0.342 e. The van der Waals surface area contributed by atoms with Gasteiger partial charge in [0.2, 0.25) is 10.0 Å². The Morgan fingerprint density at radius 3 is 2.22 bits per heavy atom. The van der Waals surface area contributed by atoms with E-state index >= 15 is 0 Å². The number of sulfonamides is 1. The van der Waals surface area contributed by atoms with Gasteiger partial charge in [0.25, 0.3) is 11.6 Å². The van der Waals surface area contributed by atoms with Gasteiger partial charge in [-0.3, -0.25) is 14.9 Å². The van der Waals surface area contributed by atoms with Gasteiger partial charge >= 0.3 is 5.97 Å². The Balaban J connectivity index is 1.80. The molecule has 0 aromatic heterocycles. The number of benzene rings is 2. The normalized spacial score (nSPS) is 15.2. The zero-order valence-corrected chi connectivity index (χ0v) is 21.6. The minimum Gasteiger partial charge on any atom is -0.496 e. The van der Waals surface area contributed by atoms with E-state index in [9.17, 15) is 28.1 Å². The summed E-state index contributed by atoms with van der Waals surface area (Å²) in [5, 5.41) is 13.5. The van der Waals surface area contributed by atoms with Gasteiger partial charge in [0.05, 0.1) is 29.7 Å². The zero-order valence-electron chi connectivity index (χ0n) is 20.8. The molecule has 1 amide bonds. The second kappa shape index (κ2) is 12.0. The van der Waals surface area contributed by atoms with E-state index in [1.54, 1.807) is 0 Å². The number of nitrogens with zero attached hydrogens (tertiary/aromatic N) is 2. The lowest BCUT2D eigenvalue weighted by atomic mass is 10.2. The third-order valence-corrected chi connectivity index (χ3v) is 7.79. The minimum atomic E-state index is -3.85. The van der Waals surface area contributed by atoms with Crippen LogP contribution in [0.2, 0.25) is 0 Å². The van der Waals surface area contributed by atoms with Gasteiger partial charge in [-0.05, 0) is 44.0 Å². The molecule has 1 aliphatic rings. The highest BCUT2D eigenvalue weighted by Crippen LogP contribution is 2.30. The SMILES string of the molecule is COc1ccc([N+](=O)[O-])cc1NC(=O)[C@@H](C)OC(=O)c1cc(S(=O)(=O)N2CCCCCC2)ccc1OC. The third kappa shape index (κ3) is 6.54. The van der Waals surface area contributed by atoms with Crippen LogP contribution in [0.3, 0.4) is 0 Å². The number of methoxy groups -OCH3 is 2. The quantitative estimate of drug-likeness (QED) is 0.289. The van der Waals surface area contributed by atoms with Gasteiger partial charge in [-0.1, -0.05) is 12.8 Å². The lowest BCUT2D eigenvalue weighted by Gasteiger charge is -2.21. The van der Waals surface area contributed by atoms with Crippen LogP contribution in [0.15, 0.2) is 41.3 Å². The highest BCUT2D eigenvalue weighted by molar-refractivity contribution is 7.89. The number of hydrogen-bond acceptors (Lipinski definition) is 9. The van der Waals surface area contributed by atoms with Crippen LogP contribution in [0.25, 0.3) is 0 Å². The van der Waals surface area contributed by atoms with Crippen molar-refractivity contribution in [2.75, 3.05) is 32.6 Å². The van der Waals surface area contributed by atoms with Crippen LogP contribution in [0.4, 0.5) is 11.4 Å². The molecule has 0 saturated carbocycles. The first-order valence-corrected chi connectivity index (χ1v) is 13.0. The van der Waals surface area contributed by atoms with Crippen molar-refractivity contribution in [1.82, 2.24) is 4.31 Å². The first-order valence-electron chi connectivity index (χ1n) is 11.6. The maximum absolute atomic E-state index is 13.2. The summed E-state index contributed by atoms with van der Waals surface area (Å²) in [7, 11) is -1.20. The number of anilines is 1. The summed E-state index contributed by atoms with van der Waals surface area (Å²) in [6, 6.07) is 7.56. The van der Waals surface area contributed by atoms with E-state index in [0.29, 0.717) is 13.1 Å². The van der Waals surface area contributed by atoms with Crippen LogP contribution < -0.4 is 14.8 Å². The number of nitrogens with one attached hydrogen (secondary N) is 1. The van der Waals surface area contributed by atoms with E-state index in [4.69, 9.17) is 14.2 Å². The molecular weight excluding hydrogens is 506 g/mol. The molecule has 37 heavy (non-hydrogen) atoms. The largest absolute Gasteiger partial charge is 0.496 e. The fraction of sp³-hybridized carbons (Fsp3) is 0.417. The molecule has 1 fully saturated rings. The summed E-state index contributed by atoms with van der Waals surface area (Å²) in [5.74, 6) is -1.50. The molecule has 1 saturated heterocycles. The number of carbonyl (C=O) groups is 2. The molecule has 3 rings (SSSR count). The molecule has 0 radical (unpaired) electrons. The number of nitro benzene ring substituents is 1. The van der Waals surface area contributed by atoms with Crippen LogP contribution in [0, 0.1) is 10.1 Å². The minimum absolute atomic E-state index is 0.0210. The molecule has 1 atom stereocenters. The Kier molecular flexibility index (Phi) is 9.05. The van der Waals surface area contributed by atoms with Gasteiger partial charge in [-0.2, -0.15) is 4.31 Å². The van der Waals surface area contributed by atoms with Gasteiger partial charge in [-0.25, -0.2) is 13.2 Å². The summed E-state index contributed by atoms with van der Waals surface area (Å²) in [4.78, 5) is 36.0. The molecule has 1 aliphatic heterocycles. The standard InChI is InChI=1S/C24H29N3O9S/c1-16(23(28)25-20-14-17(27(30)31)8-10-22(20)35-3)36-24(29)19-15-18(9-11-21(19)34-2)37(32,33)26-12-6-4-5-7-13-26/h8-11,14-16H,4-7,12-13H2,1-3H3,(H,25,28)/t16-/m1/s1. The predicted octanol–water partition coefficient (Wildman–Crippen LogP) is 3.36. The van der Waals surface area contributed by atoms with Crippen molar-refractivity contribution in [2.45, 2.75) is 43.6 Å². The van der Waals surface area contributed by atoms with Crippen LogP contribution in [0.1, 0.15) is 43.0 Å². The Bertz CT molecular complexity index is 1270. The van der Waals surface area contributed by atoms with Crippen molar-refractivity contribution in [3.05, 3.63) is 52.1 Å². The number of hydrogen-bond donors (Lipinski definition) is 1. The maximum Gasteiger partial charge on any atom is 0.342 e. The highest BCUT2D eigenvalue weighted by Gasteiger charge is 2.29.